The molecule has 1 amide bonds. The number of pyridine rings is 1. The predicted octanol–water partition coefficient (Wildman–Crippen LogP) is 4.26. The van der Waals surface area contributed by atoms with Gasteiger partial charge in [-0.3, -0.25) is 4.79 Å². The number of fused-ring (bicyclic) bond motifs is 1. The van der Waals surface area contributed by atoms with E-state index in [1.165, 1.54) is 0 Å². The van der Waals surface area contributed by atoms with E-state index in [9.17, 15) is 13.2 Å². The van der Waals surface area contributed by atoms with Crippen LogP contribution in [0.25, 0.3) is 22.3 Å². The Bertz CT molecular complexity index is 1460. The van der Waals surface area contributed by atoms with E-state index < -0.39 is 9.84 Å². The maximum absolute atomic E-state index is 13.5. The standard InChI is InChI=1S/C26H26N4O3S/c1-17(19-9-5-3-6-10-19)27-26(31)22-15-23(20-11-7-4-8-12-20)28-25-24(22)18(2)29-30(25)21-13-14-34(32,33)16-21/h3-12,15,17,21H,13-14,16H2,1-2H3,(H,27,31)/t17-,21+/m0/s1. The Kier molecular flexibility index (Phi) is 5.69. The van der Waals surface area contributed by atoms with Crippen molar-refractivity contribution >= 4 is 26.8 Å². The topological polar surface area (TPSA) is 93.9 Å². The molecule has 4 aromatic rings. The van der Waals surface area contributed by atoms with Crippen molar-refractivity contribution in [3.63, 3.8) is 0 Å². The highest BCUT2D eigenvalue weighted by molar-refractivity contribution is 7.91. The van der Waals surface area contributed by atoms with Crippen LogP contribution in [0.1, 0.15) is 47.0 Å². The first kappa shape index (κ1) is 22.3. The number of benzene rings is 2. The van der Waals surface area contributed by atoms with Gasteiger partial charge in [0.15, 0.2) is 15.5 Å². The molecule has 1 fully saturated rings. The zero-order chi connectivity index (χ0) is 23.9. The fourth-order valence-electron chi connectivity index (χ4n) is 4.57. The van der Waals surface area contributed by atoms with Crippen LogP contribution in [0.5, 0.6) is 0 Å². The second kappa shape index (κ2) is 8.68. The fraction of sp³-hybridized carbons (Fsp3) is 0.269. The van der Waals surface area contributed by atoms with Gasteiger partial charge in [0.05, 0.1) is 45.9 Å². The molecule has 1 aliphatic heterocycles. The van der Waals surface area contributed by atoms with Crippen molar-refractivity contribution in [2.45, 2.75) is 32.4 Å². The smallest absolute Gasteiger partial charge is 0.252 e. The molecule has 0 bridgehead atoms. The molecule has 8 heteroatoms. The molecule has 34 heavy (non-hydrogen) atoms. The van der Waals surface area contributed by atoms with Gasteiger partial charge in [-0.2, -0.15) is 5.10 Å². The van der Waals surface area contributed by atoms with E-state index >= 15 is 0 Å². The highest BCUT2D eigenvalue weighted by Crippen LogP contribution is 2.32. The van der Waals surface area contributed by atoms with E-state index in [4.69, 9.17) is 4.98 Å². The Morgan fingerprint density at radius 3 is 2.41 bits per heavy atom. The minimum atomic E-state index is -3.11. The van der Waals surface area contributed by atoms with Crippen LogP contribution in [0, 0.1) is 6.92 Å². The Labute approximate surface area is 198 Å². The number of amides is 1. The number of carbonyl (C=O) groups excluding carboxylic acids is 1. The number of hydrogen-bond donors (Lipinski definition) is 1. The van der Waals surface area contributed by atoms with Crippen LogP contribution in [-0.4, -0.2) is 40.6 Å². The van der Waals surface area contributed by atoms with Gasteiger partial charge in [-0.05, 0) is 31.9 Å². The van der Waals surface area contributed by atoms with Gasteiger partial charge in [0.1, 0.15) is 0 Å². The summed E-state index contributed by atoms with van der Waals surface area (Å²) in [5, 5.41) is 8.42. The van der Waals surface area contributed by atoms with Crippen LogP contribution < -0.4 is 5.32 Å². The maximum Gasteiger partial charge on any atom is 0.252 e. The summed E-state index contributed by atoms with van der Waals surface area (Å²) < 4.78 is 26.0. The number of nitrogens with one attached hydrogen (secondary N) is 1. The third-order valence-corrected chi connectivity index (χ3v) is 8.10. The van der Waals surface area contributed by atoms with Crippen molar-refractivity contribution in [3.8, 4) is 11.3 Å². The first-order valence-corrected chi connectivity index (χ1v) is 13.2. The molecule has 3 heterocycles. The Hall–Kier alpha value is -3.52. The largest absolute Gasteiger partial charge is 0.345 e. The minimum Gasteiger partial charge on any atom is -0.345 e. The third-order valence-electron chi connectivity index (χ3n) is 6.35. The lowest BCUT2D eigenvalue weighted by Gasteiger charge is -2.16. The number of aryl methyl sites for hydroxylation is 1. The molecule has 7 nitrogen and oxygen atoms in total. The number of hydrogen-bond acceptors (Lipinski definition) is 5. The van der Waals surface area contributed by atoms with Gasteiger partial charge in [-0.25, -0.2) is 18.1 Å². The molecule has 0 spiro atoms. The number of rotatable bonds is 5. The van der Waals surface area contributed by atoms with Crippen LogP contribution in [0.3, 0.4) is 0 Å². The molecule has 1 N–H and O–H groups in total. The average Bonchev–Trinajstić information content (AvgIpc) is 3.38. The summed E-state index contributed by atoms with van der Waals surface area (Å²) in [5.74, 6) is -0.0478. The molecule has 1 aliphatic rings. The average molecular weight is 475 g/mol. The SMILES string of the molecule is Cc1nn([C@@H]2CCS(=O)(=O)C2)c2nc(-c3ccccc3)cc(C(=O)N[C@@H](C)c3ccccc3)c12. The van der Waals surface area contributed by atoms with Gasteiger partial charge in [-0.1, -0.05) is 60.7 Å². The first-order valence-electron chi connectivity index (χ1n) is 11.3. The van der Waals surface area contributed by atoms with Crippen LogP contribution >= 0.6 is 0 Å². The lowest BCUT2D eigenvalue weighted by Crippen LogP contribution is -2.27. The summed E-state index contributed by atoms with van der Waals surface area (Å²) in [4.78, 5) is 18.4. The van der Waals surface area contributed by atoms with Gasteiger partial charge in [-0.15, -0.1) is 0 Å². The molecule has 174 valence electrons. The summed E-state index contributed by atoms with van der Waals surface area (Å²) in [6.07, 6.45) is 0.488. The molecule has 0 aliphatic carbocycles. The fourth-order valence-corrected chi connectivity index (χ4v) is 6.26. The minimum absolute atomic E-state index is 0.0348. The van der Waals surface area contributed by atoms with Crippen molar-refractivity contribution in [1.29, 1.82) is 0 Å². The summed E-state index contributed by atoms with van der Waals surface area (Å²) in [6.45, 7) is 3.78. The molecule has 0 radical (unpaired) electrons. The highest BCUT2D eigenvalue weighted by atomic mass is 32.2. The van der Waals surface area contributed by atoms with Gasteiger partial charge in [0.2, 0.25) is 0 Å². The summed E-state index contributed by atoms with van der Waals surface area (Å²) in [6, 6.07) is 20.8. The normalized spacial score (nSPS) is 18.1. The molecule has 0 unspecified atom stereocenters. The van der Waals surface area contributed by atoms with Gasteiger partial charge in [0, 0.05) is 5.56 Å². The number of aromatic nitrogens is 3. The van der Waals surface area contributed by atoms with Crippen LogP contribution in [0.2, 0.25) is 0 Å². The zero-order valence-electron chi connectivity index (χ0n) is 19.1. The molecule has 5 rings (SSSR count). The van der Waals surface area contributed by atoms with Crippen LogP contribution in [0.15, 0.2) is 66.7 Å². The van der Waals surface area contributed by atoms with E-state index in [0.29, 0.717) is 34.4 Å². The molecule has 1 saturated heterocycles. The van der Waals surface area contributed by atoms with Crippen molar-refractivity contribution in [2.24, 2.45) is 0 Å². The number of carbonyl (C=O) groups is 1. The van der Waals surface area contributed by atoms with Gasteiger partial charge < -0.3 is 5.32 Å². The van der Waals surface area contributed by atoms with Crippen LogP contribution in [-0.2, 0) is 9.84 Å². The van der Waals surface area contributed by atoms with Gasteiger partial charge in [0.25, 0.3) is 5.91 Å². The van der Waals surface area contributed by atoms with E-state index in [-0.39, 0.29) is 29.5 Å². The molecular weight excluding hydrogens is 448 g/mol. The summed E-state index contributed by atoms with van der Waals surface area (Å²) in [7, 11) is -3.11. The second-order valence-electron chi connectivity index (χ2n) is 8.81. The summed E-state index contributed by atoms with van der Waals surface area (Å²) in [5.41, 5.74) is 4.21. The lowest BCUT2D eigenvalue weighted by molar-refractivity contribution is 0.0941. The van der Waals surface area contributed by atoms with Gasteiger partial charge >= 0.3 is 0 Å². The Balaban J connectivity index is 1.63. The molecule has 2 aromatic carbocycles. The van der Waals surface area contributed by atoms with Crippen molar-refractivity contribution < 1.29 is 13.2 Å². The Morgan fingerprint density at radius 2 is 1.76 bits per heavy atom. The van der Waals surface area contributed by atoms with E-state index in [1.54, 1.807) is 10.7 Å². The molecule has 2 atom stereocenters. The monoisotopic (exact) mass is 474 g/mol. The van der Waals surface area contributed by atoms with Crippen molar-refractivity contribution in [1.82, 2.24) is 20.1 Å². The quantitative estimate of drug-likeness (QED) is 0.467. The Morgan fingerprint density at radius 1 is 1.09 bits per heavy atom. The first-order chi connectivity index (χ1) is 16.3. The zero-order valence-corrected chi connectivity index (χ0v) is 19.9. The second-order valence-corrected chi connectivity index (χ2v) is 11.0. The predicted molar refractivity (Wildman–Crippen MR) is 132 cm³/mol. The van der Waals surface area contributed by atoms with E-state index in [0.717, 1.165) is 11.1 Å². The van der Waals surface area contributed by atoms with Crippen molar-refractivity contribution in [2.75, 3.05) is 11.5 Å². The third kappa shape index (κ3) is 4.21. The summed E-state index contributed by atoms with van der Waals surface area (Å²) >= 11 is 0. The molecular formula is C26H26N4O3S. The lowest BCUT2D eigenvalue weighted by atomic mass is 10.0. The molecule has 2 aromatic heterocycles. The number of nitrogens with zero attached hydrogens (tertiary/aromatic N) is 3. The van der Waals surface area contributed by atoms with Crippen molar-refractivity contribution in [3.05, 3.63) is 83.6 Å². The molecule has 0 saturated carbocycles. The van der Waals surface area contributed by atoms with Crippen LogP contribution in [0.4, 0.5) is 0 Å². The maximum atomic E-state index is 13.5. The van der Waals surface area contributed by atoms with E-state index in [2.05, 4.69) is 10.4 Å². The van der Waals surface area contributed by atoms with E-state index in [1.807, 2.05) is 74.5 Å². The highest BCUT2D eigenvalue weighted by Gasteiger charge is 2.32. The number of sulfone groups is 1.